The standard InChI is InChI=1S/C34H36N5O2/c35-37-36-31-32(40)38(28-11-5-2-6-12-28)29-13-7-8-14-30(29)39(33(31)41,16-15-24-9-3-1-4-10-24)23-34-20-25-17-26(21-34)19-27(18-25)22-34/h1-14,25-27,31H,15-23H2/q+1. The molecule has 1 aliphatic heterocycles. The Kier molecular flexibility index (Phi) is 6.44. The predicted octanol–water partition coefficient (Wildman–Crippen LogP) is 7.34. The van der Waals surface area contributed by atoms with Gasteiger partial charge in [0.1, 0.15) is 5.69 Å². The summed E-state index contributed by atoms with van der Waals surface area (Å²) in [6.45, 7) is 1.15. The fourth-order valence-corrected chi connectivity index (χ4v) is 9.20. The van der Waals surface area contributed by atoms with Gasteiger partial charge in [-0.25, -0.2) is 9.28 Å². The number of azide groups is 1. The van der Waals surface area contributed by atoms with Crippen molar-refractivity contribution in [3.05, 3.63) is 101 Å². The van der Waals surface area contributed by atoms with Gasteiger partial charge in [0.05, 0.1) is 13.1 Å². The van der Waals surface area contributed by atoms with Gasteiger partial charge in [0, 0.05) is 28.5 Å². The van der Waals surface area contributed by atoms with Crippen molar-refractivity contribution >= 4 is 28.9 Å². The molecule has 1 heterocycles. The van der Waals surface area contributed by atoms with Gasteiger partial charge < -0.3 is 0 Å². The van der Waals surface area contributed by atoms with E-state index in [1.165, 1.54) is 19.3 Å². The Labute approximate surface area is 241 Å². The highest BCUT2D eigenvalue weighted by Gasteiger charge is 2.59. The number of amides is 2. The van der Waals surface area contributed by atoms with Gasteiger partial charge in [0.2, 0.25) is 6.04 Å². The zero-order chi connectivity index (χ0) is 28.0. The molecule has 4 fully saturated rings. The molecule has 7 nitrogen and oxygen atoms in total. The third-order valence-electron chi connectivity index (χ3n) is 10.3. The lowest BCUT2D eigenvalue weighted by molar-refractivity contribution is -0.140. The Bertz CT molecular complexity index is 1480. The minimum absolute atomic E-state index is 0.0238. The third kappa shape index (κ3) is 4.44. The molecule has 2 amide bonds. The predicted molar refractivity (Wildman–Crippen MR) is 160 cm³/mol. The van der Waals surface area contributed by atoms with Gasteiger partial charge in [-0.3, -0.25) is 9.69 Å². The van der Waals surface area contributed by atoms with E-state index in [2.05, 4.69) is 22.2 Å². The molecular weight excluding hydrogens is 510 g/mol. The molecule has 8 rings (SSSR count). The van der Waals surface area contributed by atoms with Crippen molar-refractivity contribution in [2.24, 2.45) is 28.3 Å². The van der Waals surface area contributed by atoms with Crippen molar-refractivity contribution in [3.63, 3.8) is 0 Å². The van der Waals surface area contributed by atoms with E-state index in [0.29, 0.717) is 30.9 Å². The van der Waals surface area contributed by atoms with Crippen molar-refractivity contribution in [2.45, 2.75) is 51.0 Å². The summed E-state index contributed by atoms with van der Waals surface area (Å²) in [5, 5.41) is 3.93. The molecule has 0 spiro atoms. The minimum atomic E-state index is -1.45. The molecular formula is C34H36N5O2+. The number of hydrogen-bond acceptors (Lipinski definition) is 3. The van der Waals surface area contributed by atoms with E-state index in [9.17, 15) is 10.3 Å². The second-order valence-corrected chi connectivity index (χ2v) is 12.9. The number of para-hydroxylation sites is 3. The molecule has 4 saturated carbocycles. The highest BCUT2D eigenvalue weighted by molar-refractivity contribution is 6.21. The fraction of sp³-hybridized carbons (Fsp3) is 0.412. The molecule has 0 saturated heterocycles. The van der Waals surface area contributed by atoms with E-state index in [1.807, 2.05) is 72.8 Å². The number of anilines is 2. The monoisotopic (exact) mass is 546 g/mol. The van der Waals surface area contributed by atoms with Crippen molar-refractivity contribution in [1.82, 2.24) is 4.48 Å². The van der Waals surface area contributed by atoms with E-state index in [-0.39, 0.29) is 15.8 Å². The van der Waals surface area contributed by atoms with Gasteiger partial charge in [-0.15, -0.1) is 0 Å². The van der Waals surface area contributed by atoms with E-state index < -0.39 is 11.9 Å². The molecule has 0 radical (unpaired) electrons. The first kappa shape index (κ1) is 26.0. The van der Waals surface area contributed by atoms with Crippen molar-refractivity contribution in [3.8, 4) is 0 Å². The smallest absolute Gasteiger partial charge is 0.274 e. The number of hydrogen-bond donors (Lipinski definition) is 0. The second kappa shape index (κ2) is 10.2. The van der Waals surface area contributed by atoms with Gasteiger partial charge in [0.25, 0.3) is 5.91 Å². The summed E-state index contributed by atoms with van der Waals surface area (Å²) in [7, 11) is 0. The number of nitrogens with zero attached hydrogens (tertiary/aromatic N) is 5. The quantitative estimate of drug-likeness (QED) is 0.102. The first-order valence-corrected chi connectivity index (χ1v) is 15.0. The fourth-order valence-electron chi connectivity index (χ4n) is 9.20. The Morgan fingerprint density at radius 2 is 1.41 bits per heavy atom. The maximum absolute atomic E-state index is 15.0. The first-order valence-electron chi connectivity index (χ1n) is 15.0. The van der Waals surface area contributed by atoms with Crippen LogP contribution in [0.5, 0.6) is 0 Å². The average Bonchev–Trinajstić information content (AvgIpc) is 3.04. The molecule has 7 heteroatoms. The normalized spacial score (nSPS) is 31.9. The van der Waals surface area contributed by atoms with Gasteiger partial charge in [-0.05, 0) is 85.6 Å². The minimum Gasteiger partial charge on any atom is -0.274 e. The zero-order valence-corrected chi connectivity index (χ0v) is 23.3. The lowest BCUT2D eigenvalue weighted by atomic mass is 9.49. The van der Waals surface area contributed by atoms with Crippen LogP contribution in [0.1, 0.15) is 44.1 Å². The molecule has 5 aliphatic rings. The van der Waals surface area contributed by atoms with Crippen LogP contribution in [0.2, 0.25) is 0 Å². The van der Waals surface area contributed by atoms with Gasteiger partial charge >= 0.3 is 5.91 Å². The molecule has 0 aromatic heterocycles. The Morgan fingerprint density at radius 1 is 0.829 bits per heavy atom. The summed E-state index contributed by atoms with van der Waals surface area (Å²) < 4.78 is 0.0238. The maximum atomic E-state index is 15.0. The number of rotatable bonds is 7. The van der Waals surface area contributed by atoms with Crippen LogP contribution in [0.3, 0.4) is 0 Å². The van der Waals surface area contributed by atoms with Crippen LogP contribution < -0.4 is 9.38 Å². The number of fused-ring (bicyclic) bond motifs is 1. The third-order valence-corrected chi connectivity index (χ3v) is 10.3. The molecule has 0 N–H and O–H groups in total. The molecule has 3 aromatic carbocycles. The lowest BCUT2D eigenvalue weighted by Crippen LogP contribution is -2.65. The Balaban J connectivity index is 1.43. The van der Waals surface area contributed by atoms with Crippen molar-refractivity contribution in [1.29, 1.82) is 0 Å². The molecule has 4 aliphatic carbocycles. The highest BCUT2D eigenvalue weighted by Crippen LogP contribution is 2.61. The topological polar surface area (TPSA) is 86.1 Å². The van der Waals surface area contributed by atoms with Crippen LogP contribution in [0.15, 0.2) is 90.0 Å². The van der Waals surface area contributed by atoms with Gasteiger partial charge in [-0.2, -0.15) is 0 Å². The molecule has 2 unspecified atom stereocenters. The number of carbonyl (C=O) groups is 2. The van der Waals surface area contributed by atoms with Gasteiger partial charge in [-0.1, -0.05) is 65.8 Å². The molecule has 4 bridgehead atoms. The number of benzene rings is 3. The summed E-state index contributed by atoms with van der Waals surface area (Å²) in [4.78, 5) is 33.9. The summed E-state index contributed by atoms with van der Waals surface area (Å²) in [5.74, 6) is 1.39. The molecule has 208 valence electrons. The van der Waals surface area contributed by atoms with Crippen LogP contribution in [0, 0.1) is 23.2 Å². The highest BCUT2D eigenvalue weighted by atomic mass is 16.2. The SMILES string of the molecule is [N-]=[N+]=NC1C(=O)N(c2ccccc2)c2ccccc2[N+](CCc2ccccc2)(CC23CC4CC(CC(C4)C2)C3)C1=O. The zero-order valence-electron chi connectivity index (χ0n) is 23.3. The van der Waals surface area contributed by atoms with Crippen LogP contribution in [0.25, 0.3) is 10.4 Å². The van der Waals surface area contributed by atoms with Gasteiger partial charge in [0.15, 0.2) is 5.69 Å². The maximum Gasteiger partial charge on any atom is 0.337 e. The summed E-state index contributed by atoms with van der Waals surface area (Å²) in [6.07, 6.45) is 8.04. The summed E-state index contributed by atoms with van der Waals surface area (Å²) in [6, 6.07) is 26.1. The van der Waals surface area contributed by atoms with Crippen molar-refractivity contribution < 1.29 is 9.59 Å². The molecule has 41 heavy (non-hydrogen) atoms. The Morgan fingerprint density at radius 3 is 2.05 bits per heavy atom. The van der Waals surface area contributed by atoms with Crippen LogP contribution in [-0.4, -0.2) is 30.9 Å². The van der Waals surface area contributed by atoms with Crippen LogP contribution in [0.4, 0.5) is 17.1 Å². The average molecular weight is 547 g/mol. The first-order chi connectivity index (χ1) is 20.0. The van der Waals surface area contributed by atoms with E-state index in [1.54, 1.807) is 4.90 Å². The van der Waals surface area contributed by atoms with E-state index in [4.69, 9.17) is 0 Å². The largest absolute Gasteiger partial charge is 0.337 e. The number of quaternary nitrogens is 1. The molecule has 2 atom stereocenters. The van der Waals surface area contributed by atoms with E-state index >= 15 is 4.79 Å². The lowest BCUT2D eigenvalue weighted by Gasteiger charge is -2.58. The van der Waals surface area contributed by atoms with Crippen LogP contribution >= 0.6 is 0 Å². The summed E-state index contributed by atoms with van der Waals surface area (Å²) in [5.41, 5.74) is 13.0. The number of carbonyl (C=O) groups excluding carboxylic acids is 2. The van der Waals surface area contributed by atoms with Crippen LogP contribution in [-0.2, 0) is 16.0 Å². The second-order valence-electron chi connectivity index (χ2n) is 12.9. The van der Waals surface area contributed by atoms with E-state index in [0.717, 1.165) is 48.3 Å². The Hall–Kier alpha value is -3.93. The van der Waals surface area contributed by atoms with Crippen molar-refractivity contribution in [2.75, 3.05) is 18.0 Å². The molecule has 3 aromatic rings. The summed E-state index contributed by atoms with van der Waals surface area (Å²) >= 11 is 0.